The van der Waals surface area contributed by atoms with Crippen LogP contribution in [0.2, 0.25) is 0 Å². The van der Waals surface area contributed by atoms with Gasteiger partial charge in [-0.05, 0) is 0 Å². The molecule has 0 heterocycles. The van der Waals surface area contributed by atoms with Crippen LogP contribution in [0.25, 0.3) is 0 Å². The fraction of sp³-hybridized carbons (Fsp3) is 0. The molecule has 0 amide bonds. The molecule has 0 aromatic rings. The van der Waals surface area contributed by atoms with Gasteiger partial charge in [-0.25, -0.2) is 0 Å². The molecular formula is H2B3ClF12LiO3S-3. The van der Waals surface area contributed by atoms with Gasteiger partial charge in [-0.3, -0.25) is 4.55 Å². The molecule has 0 aromatic heterocycles. The second-order valence-electron chi connectivity index (χ2n) is 1.90. The Bertz CT molecular complexity index is 269. The van der Waals surface area contributed by atoms with E-state index in [1.807, 2.05) is 0 Å². The van der Waals surface area contributed by atoms with Gasteiger partial charge < -0.3 is 53.2 Å². The summed E-state index contributed by atoms with van der Waals surface area (Å²) in [5.41, 5.74) is 0. The topological polar surface area (TPSA) is 54.4 Å². The van der Waals surface area contributed by atoms with Crippen LogP contribution >= 0.6 is 10.7 Å². The summed E-state index contributed by atoms with van der Waals surface area (Å²) in [6.45, 7) is 0. The molecule has 0 rings (SSSR count). The minimum absolute atomic E-state index is 0. The standard InChI is InChI=1S/3BF4.ClHO3S.Li.H/c3*2-1(3,4)5;1-5(2,3)4;;/h;;;(H,2,3,4);;/q3*-1;;+1;-1. The van der Waals surface area contributed by atoms with Crippen molar-refractivity contribution in [2.45, 2.75) is 0 Å². The third kappa shape index (κ3) is 287000. The Morgan fingerprint density at radius 2 is 0.667 bits per heavy atom. The minimum Gasteiger partial charge on any atom is -1.00 e. The second-order valence-corrected chi connectivity index (χ2v) is 3.89. The van der Waals surface area contributed by atoms with Gasteiger partial charge in [-0.2, -0.15) is 8.42 Å². The predicted octanol–water partition coefficient (Wildman–Crippen LogP) is 1.04. The third-order valence-electron chi connectivity index (χ3n) is 0. The van der Waals surface area contributed by atoms with Crippen molar-refractivity contribution < 1.29 is 85.0 Å². The van der Waals surface area contributed by atoms with Gasteiger partial charge in [0.15, 0.2) is 0 Å². The van der Waals surface area contributed by atoms with E-state index in [1.165, 1.54) is 0 Å². The van der Waals surface area contributed by atoms with Crippen LogP contribution in [0.3, 0.4) is 0 Å². The average molecular weight is 385 g/mol. The summed E-state index contributed by atoms with van der Waals surface area (Å²) < 4.78 is 142. The maximum Gasteiger partial charge on any atom is 1.00 e. The van der Waals surface area contributed by atoms with Crippen molar-refractivity contribution in [3.8, 4) is 0 Å². The Morgan fingerprint density at radius 1 is 0.667 bits per heavy atom. The molecular weight excluding hydrogens is 383 g/mol. The molecule has 0 spiro atoms. The van der Waals surface area contributed by atoms with E-state index in [9.17, 15) is 51.8 Å². The molecule has 0 unspecified atom stereocenters. The van der Waals surface area contributed by atoms with Gasteiger partial charge in [-0.1, -0.05) is 0 Å². The van der Waals surface area contributed by atoms with Gasteiger partial charge in [0.25, 0.3) is 0 Å². The summed E-state index contributed by atoms with van der Waals surface area (Å²) in [5.74, 6) is 0. The quantitative estimate of drug-likeness (QED) is 0.294. The first-order chi connectivity index (χ1) is 8.00. The summed E-state index contributed by atoms with van der Waals surface area (Å²) in [6.07, 6.45) is 0. The summed E-state index contributed by atoms with van der Waals surface area (Å²) in [5, 5.41) is 0. The first-order valence-corrected chi connectivity index (χ1v) is 5.56. The van der Waals surface area contributed by atoms with Gasteiger partial charge in [0, 0.05) is 10.7 Å². The van der Waals surface area contributed by atoms with Crippen molar-refractivity contribution in [2.24, 2.45) is 0 Å². The monoisotopic (exact) mass is 385 g/mol. The van der Waals surface area contributed by atoms with Gasteiger partial charge >= 0.3 is 50.0 Å². The fourth-order valence-electron chi connectivity index (χ4n) is 0. The van der Waals surface area contributed by atoms with Crippen LogP contribution in [0.15, 0.2) is 0 Å². The Kier molecular flexibility index (Phi) is 19.9. The maximum absolute atomic E-state index is 9.75. The maximum atomic E-state index is 9.75. The first-order valence-electron chi connectivity index (χ1n) is 3.29. The van der Waals surface area contributed by atoms with E-state index in [2.05, 4.69) is 10.7 Å². The summed E-state index contributed by atoms with van der Waals surface area (Å²) in [7, 11) is -18.1. The van der Waals surface area contributed by atoms with E-state index >= 15 is 0 Å². The van der Waals surface area contributed by atoms with Crippen LogP contribution in [0.5, 0.6) is 0 Å². The van der Waals surface area contributed by atoms with Crippen LogP contribution in [0.4, 0.5) is 51.8 Å². The Labute approximate surface area is 127 Å². The van der Waals surface area contributed by atoms with Crippen molar-refractivity contribution in [1.82, 2.24) is 0 Å². The number of rotatable bonds is 0. The van der Waals surface area contributed by atoms with Gasteiger partial charge in [0.2, 0.25) is 0 Å². The largest absolute Gasteiger partial charge is 1.00 e. The SMILES string of the molecule is F[B-](F)(F)F.F[B-](F)(F)F.F[B-](F)(F)F.O=S(=O)(O)Cl.[H-].[Li+]. The first kappa shape index (κ1) is 32.9. The van der Waals surface area contributed by atoms with E-state index in [0.717, 1.165) is 0 Å². The van der Waals surface area contributed by atoms with E-state index in [1.54, 1.807) is 0 Å². The molecule has 21 heteroatoms. The molecule has 130 valence electrons. The predicted molar refractivity (Wildman–Crippen MR) is 49.1 cm³/mol. The van der Waals surface area contributed by atoms with Gasteiger partial charge in [-0.15, -0.1) is 0 Å². The fourth-order valence-corrected chi connectivity index (χ4v) is 0. The molecule has 0 saturated carbocycles. The van der Waals surface area contributed by atoms with E-state index < -0.39 is 31.1 Å². The molecule has 0 aliphatic heterocycles. The molecule has 0 radical (unpaired) electrons. The normalized spacial score (nSPS) is 11.3. The molecule has 0 aromatic carbocycles. The number of halogens is 13. The zero-order chi connectivity index (χ0) is 18.0. The molecule has 3 nitrogen and oxygen atoms in total. The molecule has 0 fully saturated rings. The molecule has 0 bridgehead atoms. The summed E-state index contributed by atoms with van der Waals surface area (Å²) in [6, 6.07) is 0. The van der Waals surface area contributed by atoms with Crippen LogP contribution in [0.1, 0.15) is 1.43 Å². The molecule has 1 N–H and O–H groups in total. The Hall–Kier alpha value is 0.152. The Morgan fingerprint density at radius 3 is 0.667 bits per heavy atom. The molecule has 0 aliphatic carbocycles. The molecule has 0 saturated heterocycles. The minimum atomic E-state index is -6.00. The van der Waals surface area contributed by atoms with Crippen LogP contribution < -0.4 is 18.9 Å². The van der Waals surface area contributed by atoms with Gasteiger partial charge in [0.1, 0.15) is 0 Å². The van der Waals surface area contributed by atoms with Crippen molar-refractivity contribution in [3.63, 3.8) is 0 Å². The van der Waals surface area contributed by atoms with Crippen LogP contribution in [-0.4, -0.2) is 34.7 Å². The second kappa shape index (κ2) is 12.7. The smallest absolute Gasteiger partial charge is 1.00 e. The molecule has 0 aliphatic rings. The third-order valence-corrected chi connectivity index (χ3v) is 0. The van der Waals surface area contributed by atoms with E-state index in [4.69, 9.17) is 13.0 Å². The zero-order valence-electron chi connectivity index (χ0n) is 10.3. The van der Waals surface area contributed by atoms with E-state index in [0.29, 0.717) is 0 Å². The van der Waals surface area contributed by atoms with Crippen molar-refractivity contribution in [1.29, 1.82) is 0 Å². The summed E-state index contributed by atoms with van der Waals surface area (Å²) in [4.78, 5) is 0. The Balaban J connectivity index is -0.0000000376. The van der Waals surface area contributed by atoms with Crippen molar-refractivity contribution >= 4 is 41.8 Å². The van der Waals surface area contributed by atoms with Crippen LogP contribution in [-0.2, 0) is 9.33 Å². The van der Waals surface area contributed by atoms with Gasteiger partial charge in [0.05, 0.1) is 0 Å². The number of hydrogen-bond acceptors (Lipinski definition) is 2. The summed E-state index contributed by atoms with van der Waals surface area (Å²) >= 11 is 0. The van der Waals surface area contributed by atoms with Crippen molar-refractivity contribution in [3.05, 3.63) is 0 Å². The average Bonchev–Trinajstić information content (AvgIpc) is 1.62. The van der Waals surface area contributed by atoms with Crippen molar-refractivity contribution in [2.75, 3.05) is 0 Å². The van der Waals surface area contributed by atoms with Crippen LogP contribution in [0, 0.1) is 0 Å². The zero-order valence-corrected chi connectivity index (χ0v) is 10.9. The molecule has 21 heavy (non-hydrogen) atoms. The number of hydrogen-bond donors (Lipinski definition) is 1. The molecule has 0 atom stereocenters. The van der Waals surface area contributed by atoms with E-state index in [-0.39, 0.29) is 20.3 Å².